The van der Waals surface area contributed by atoms with Gasteiger partial charge in [-0.1, -0.05) is 19.1 Å². The van der Waals surface area contributed by atoms with Gasteiger partial charge in [0, 0.05) is 18.1 Å². The van der Waals surface area contributed by atoms with E-state index in [1.807, 2.05) is 12.1 Å². The number of hydrogen-bond acceptors (Lipinski definition) is 2. The molecule has 0 aromatic heterocycles. The molecule has 1 aromatic rings. The highest BCUT2D eigenvalue weighted by atomic mass is 19.1. The first-order valence-corrected chi connectivity index (χ1v) is 8.39. The molecular weight excluding hydrogens is 263 g/mol. The average molecular weight is 290 g/mol. The van der Waals surface area contributed by atoms with Crippen LogP contribution in [0, 0.1) is 11.7 Å². The third kappa shape index (κ3) is 3.14. The van der Waals surface area contributed by atoms with E-state index in [-0.39, 0.29) is 5.82 Å². The summed E-state index contributed by atoms with van der Waals surface area (Å²) >= 11 is 0. The van der Waals surface area contributed by atoms with Crippen molar-refractivity contribution in [3.63, 3.8) is 0 Å². The highest BCUT2D eigenvalue weighted by molar-refractivity contribution is 5.21. The van der Waals surface area contributed by atoms with Gasteiger partial charge in [-0.05, 0) is 69.3 Å². The number of nitrogens with one attached hydrogen (secondary N) is 1. The molecule has 0 saturated carbocycles. The summed E-state index contributed by atoms with van der Waals surface area (Å²) in [4.78, 5) is 2.58. The van der Waals surface area contributed by atoms with E-state index in [1.54, 1.807) is 12.1 Å². The van der Waals surface area contributed by atoms with Gasteiger partial charge in [0.2, 0.25) is 0 Å². The normalized spacial score (nSPS) is 30.5. The first kappa shape index (κ1) is 15.0. The molecule has 3 rings (SSSR count). The lowest BCUT2D eigenvalue weighted by Crippen LogP contribution is -2.43. The van der Waals surface area contributed by atoms with Crippen molar-refractivity contribution in [3.05, 3.63) is 35.6 Å². The molecule has 1 aromatic carbocycles. The molecule has 2 aliphatic rings. The third-order valence-electron chi connectivity index (χ3n) is 5.45. The smallest absolute Gasteiger partial charge is 0.123 e. The predicted molar refractivity (Wildman–Crippen MR) is 84.7 cm³/mol. The van der Waals surface area contributed by atoms with E-state index in [4.69, 9.17) is 0 Å². The zero-order valence-corrected chi connectivity index (χ0v) is 13.2. The van der Waals surface area contributed by atoms with Crippen molar-refractivity contribution in [1.82, 2.24) is 10.2 Å². The molecule has 3 atom stereocenters. The largest absolute Gasteiger partial charge is 0.310 e. The fourth-order valence-corrected chi connectivity index (χ4v) is 4.25. The quantitative estimate of drug-likeness (QED) is 0.888. The van der Waals surface area contributed by atoms with Gasteiger partial charge in [-0.25, -0.2) is 4.39 Å². The van der Waals surface area contributed by atoms with Gasteiger partial charge in [0.05, 0.1) is 0 Å². The zero-order chi connectivity index (χ0) is 14.8. The van der Waals surface area contributed by atoms with Gasteiger partial charge in [0.15, 0.2) is 0 Å². The molecule has 3 heteroatoms. The molecule has 2 heterocycles. The Morgan fingerprint density at radius 2 is 1.81 bits per heavy atom. The van der Waals surface area contributed by atoms with Crippen LogP contribution in [0.15, 0.2) is 24.3 Å². The van der Waals surface area contributed by atoms with Crippen molar-refractivity contribution in [3.8, 4) is 0 Å². The van der Waals surface area contributed by atoms with Gasteiger partial charge in [-0.3, -0.25) is 0 Å². The van der Waals surface area contributed by atoms with Crippen LogP contribution >= 0.6 is 0 Å². The molecule has 2 aliphatic heterocycles. The molecule has 0 aliphatic carbocycles. The van der Waals surface area contributed by atoms with Crippen LogP contribution in [0.4, 0.5) is 4.39 Å². The Labute approximate surface area is 127 Å². The summed E-state index contributed by atoms with van der Waals surface area (Å²) in [5, 5.41) is 3.72. The van der Waals surface area contributed by atoms with Crippen LogP contribution in [-0.4, -0.2) is 30.6 Å². The molecule has 2 fully saturated rings. The summed E-state index contributed by atoms with van der Waals surface area (Å²) < 4.78 is 13.2. The van der Waals surface area contributed by atoms with Gasteiger partial charge in [0.25, 0.3) is 0 Å². The van der Waals surface area contributed by atoms with Gasteiger partial charge >= 0.3 is 0 Å². The minimum absolute atomic E-state index is 0.142. The van der Waals surface area contributed by atoms with Crippen molar-refractivity contribution >= 4 is 0 Å². The van der Waals surface area contributed by atoms with E-state index in [0.29, 0.717) is 12.0 Å². The highest BCUT2D eigenvalue weighted by Gasteiger charge is 2.41. The Kier molecular flexibility index (Phi) is 4.60. The van der Waals surface area contributed by atoms with Crippen LogP contribution in [0.25, 0.3) is 0 Å². The van der Waals surface area contributed by atoms with Crippen molar-refractivity contribution in [2.45, 2.75) is 57.2 Å². The molecule has 0 spiro atoms. The number of rotatable bonds is 5. The maximum atomic E-state index is 13.2. The average Bonchev–Trinajstić information content (AvgIpc) is 2.72. The summed E-state index contributed by atoms with van der Waals surface area (Å²) in [6, 6.07) is 8.99. The van der Waals surface area contributed by atoms with Crippen molar-refractivity contribution < 1.29 is 4.39 Å². The van der Waals surface area contributed by atoms with Crippen LogP contribution in [0.1, 0.15) is 50.6 Å². The van der Waals surface area contributed by atoms with E-state index >= 15 is 0 Å². The monoisotopic (exact) mass is 290 g/mol. The second-order valence-electron chi connectivity index (χ2n) is 6.77. The lowest BCUT2D eigenvalue weighted by atomic mass is 9.82. The lowest BCUT2D eigenvalue weighted by Gasteiger charge is -2.40. The molecule has 0 radical (unpaired) electrons. The van der Waals surface area contributed by atoms with Crippen LogP contribution in [0.5, 0.6) is 0 Å². The lowest BCUT2D eigenvalue weighted by molar-refractivity contribution is 0.112. The summed E-state index contributed by atoms with van der Waals surface area (Å²) in [5.41, 5.74) is 1.25. The van der Waals surface area contributed by atoms with Gasteiger partial charge in [-0.2, -0.15) is 0 Å². The standard InChI is InChI=1S/C18H27FN2/c1-3-10-20-18(13-4-6-15(19)7-5-13)14-11-16-8-9-17(12-14)21(16)2/h4-7,14,16-18,20H,3,8-12H2,1-2H3. The van der Waals surface area contributed by atoms with E-state index in [9.17, 15) is 4.39 Å². The third-order valence-corrected chi connectivity index (χ3v) is 5.45. The maximum Gasteiger partial charge on any atom is 0.123 e. The van der Waals surface area contributed by atoms with Crippen molar-refractivity contribution in [1.29, 1.82) is 0 Å². The molecule has 2 nitrogen and oxygen atoms in total. The van der Waals surface area contributed by atoms with Crippen LogP contribution < -0.4 is 5.32 Å². The molecular formula is C18H27FN2. The highest BCUT2D eigenvalue weighted by Crippen LogP contribution is 2.42. The Morgan fingerprint density at radius 3 is 2.38 bits per heavy atom. The minimum Gasteiger partial charge on any atom is -0.310 e. The zero-order valence-electron chi connectivity index (χ0n) is 13.2. The second-order valence-corrected chi connectivity index (χ2v) is 6.77. The fraction of sp³-hybridized carbons (Fsp3) is 0.667. The van der Waals surface area contributed by atoms with Gasteiger partial charge in [0.1, 0.15) is 5.82 Å². The predicted octanol–water partition coefficient (Wildman–Crippen LogP) is 3.74. The SMILES string of the molecule is CCCNC(c1ccc(F)cc1)C1CC2CCC(C1)N2C. The van der Waals surface area contributed by atoms with E-state index in [2.05, 4.69) is 24.2 Å². The molecule has 116 valence electrons. The number of benzene rings is 1. The van der Waals surface area contributed by atoms with Crippen molar-refractivity contribution in [2.24, 2.45) is 5.92 Å². The number of halogens is 1. The Bertz CT molecular complexity index is 445. The molecule has 2 bridgehead atoms. The Morgan fingerprint density at radius 1 is 1.19 bits per heavy atom. The van der Waals surface area contributed by atoms with Crippen LogP contribution in [0.3, 0.4) is 0 Å². The van der Waals surface area contributed by atoms with Gasteiger partial charge in [-0.15, -0.1) is 0 Å². The van der Waals surface area contributed by atoms with Crippen LogP contribution in [0.2, 0.25) is 0 Å². The summed E-state index contributed by atoms with van der Waals surface area (Å²) in [7, 11) is 2.28. The minimum atomic E-state index is -0.142. The fourth-order valence-electron chi connectivity index (χ4n) is 4.25. The van der Waals surface area contributed by atoms with E-state index in [1.165, 1.54) is 31.2 Å². The first-order chi connectivity index (χ1) is 10.2. The summed E-state index contributed by atoms with van der Waals surface area (Å²) in [6.45, 7) is 3.23. The van der Waals surface area contributed by atoms with E-state index < -0.39 is 0 Å². The molecule has 1 N–H and O–H groups in total. The summed E-state index contributed by atoms with van der Waals surface area (Å²) in [5.74, 6) is 0.534. The first-order valence-electron chi connectivity index (χ1n) is 8.39. The van der Waals surface area contributed by atoms with Crippen LogP contribution in [-0.2, 0) is 0 Å². The number of nitrogens with zero attached hydrogens (tertiary/aromatic N) is 1. The Balaban J connectivity index is 1.77. The van der Waals surface area contributed by atoms with E-state index in [0.717, 1.165) is 25.0 Å². The number of hydrogen-bond donors (Lipinski definition) is 1. The maximum absolute atomic E-state index is 13.2. The topological polar surface area (TPSA) is 15.3 Å². The van der Waals surface area contributed by atoms with Gasteiger partial charge < -0.3 is 10.2 Å². The molecule has 2 saturated heterocycles. The Hall–Kier alpha value is -0.930. The molecule has 0 amide bonds. The number of piperidine rings is 1. The molecule has 3 unspecified atom stereocenters. The molecule has 21 heavy (non-hydrogen) atoms. The number of fused-ring (bicyclic) bond motifs is 2. The second kappa shape index (κ2) is 6.45. The van der Waals surface area contributed by atoms with Crippen molar-refractivity contribution in [2.75, 3.05) is 13.6 Å². The summed E-state index contributed by atoms with van der Waals surface area (Å²) in [6.07, 6.45) is 6.37.